The third-order valence-electron chi connectivity index (χ3n) is 4.71. The molecule has 1 heterocycles. The van der Waals surface area contributed by atoms with E-state index in [-0.39, 0.29) is 0 Å². The van der Waals surface area contributed by atoms with Crippen LogP contribution in [0.15, 0.2) is 53.5 Å². The van der Waals surface area contributed by atoms with Crippen molar-refractivity contribution in [3.63, 3.8) is 0 Å². The van der Waals surface area contributed by atoms with Gasteiger partial charge in [-0.15, -0.1) is 0 Å². The maximum atomic E-state index is 5.42. The van der Waals surface area contributed by atoms with Gasteiger partial charge in [-0.05, 0) is 37.2 Å². The molecule has 0 aliphatic carbocycles. The molecule has 6 nitrogen and oxygen atoms in total. The molecule has 0 amide bonds. The van der Waals surface area contributed by atoms with E-state index >= 15 is 0 Å². The number of ether oxygens (including phenoxy) is 2. The lowest BCUT2D eigenvalue weighted by atomic mass is 10.2. The van der Waals surface area contributed by atoms with Crippen LogP contribution in [0.3, 0.4) is 0 Å². The predicted molar refractivity (Wildman–Crippen MR) is 108 cm³/mol. The molecule has 0 saturated carbocycles. The highest BCUT2D eigenvalue weighted by molar-refractivity contribution is 5.79. The smallest absolute Gasteiger partial charge is 0.231 e. The maximum Gasteiger partial charge on any atom is 0.231 e. The normalized spacial score (nSPS) is 14.3. The topological polar surface area (TPSA) is 58.1 Å². The fourth-order valence-corrected chi connectivity index (χ4v) is 2.88. The minimum absolute atomic E-state index is 0.295. The van der Waals surface area contributed by atoms with Gasteiger partial charge in [-0.25, -0.2) is 0 Å². The lowest BCUT2D eigenvalue weighted by molar-refractivity contribution is 0.174. The van der Waals surface area contributed by atoms with E-state index in [9.17, 15) is 0 Å². The lowest BCUT2D eigenvalue weighted by Crippen LogP contribution is -2.44. The zero-order valence-electron chi connectivity index (χ0n) is 16.2. The summed E-state index contributed by atoms with van der Waals surface area (Å²) in [5.41, 5.74) is 2.44. The van der Waals surface area contributed by atoms with Crippen molar-refractivity contribution in [3.8, 4) is 11.5 Å². The maximum absolute atomic E-state index is 5.42. The third-order valence-corrected chi connectivity index (χ3v) is 4.71. The molecule has 0 radical (unpaired) electrons. The molecular weight excluding hydrogens is 340 g/mol. The fraction of sp³-hybridized carbons (Fsp3) is 0.381. The van der Waals surface area contributed by atoms with Gasteiger partial charge in [-0.3, -0.25) is 9.89 Å². The summed E-state index contributed by atoms with van der Waals surface area (Å²) >= 11 is 0. The monoisotopic (exact) mass is 368 g/mol. The SMILES string of the molecule is CN=C(NCc1ccc2c(c1)OCO2)NCC(C)N(C)Cc1ccccc1. The number of aliphatic imine (C=N–C) groups is 1. The van der Waals surface area contributed by atoms with Crippen LogP contribution in [0.5, 0.6) is 11.5 Å². The molecule has 6 heteroatoms. The molecule has 0 saturated heterocycles. The molecule has 0 fully saturated rings. The number of hydrogen-bond acceptors (Lipinski definition) is 4. The molecule has 27 heavy (non-hydrogen) atoms. The first-order chi connectivity index (χ1) is 13.2. The summed E-state index contributed by atoms with van der Waals surface area (Å²) in [5, 5.41) is 6.74. The van der Waals surface area contributed by atoms with Gasteiger partial charge in [0.1, 0.15) is 0 Å². The Kier molecular flexibility index (Phi) is 6.54. The van der Waals surface area contributed by atoms with Crippen molar-refractivity contribution in [1.82, 2.24) is 15.5 Å². The summed E-state index contributed by atoms with van der Waals surface area (Å²) in [6.45, 7) is 4.91. The molecule has 0 spiro atoms. The highest BCUT2D eigenvalue weighted by Gasteiger charge is 2.14. The lowest BCUT2D eigenvalue weighted by Gasteiger charge is -2.25. The number of benzene rings is 2. The molecular formula is C21H28N4O2. The van der Waals surface area contributed by atoms with Gasteiger partial charge in [0.15, 0.2) is 17.5 Å². The second kappa shape index (κ2) is 9.28. The second-order valence-electron chi connectivity index (χ2n) is 6.74. The van der Waals surface area contributed by atoms with Crippen molar-refractivity contribution in [2.24, 2.45) is 4.99 Å². The van der Waals surface area contributed by atoms with Crippen LogP contribution >= 0.6 is 0 Å². The molecule has 144 valence electrons. The Hall–Kier alpha value is -2.73. The number of likely N-dealkylation sites (N-methyl/N-ethyl adjacent to an activating group) is 1. The van der Waals surface area contributed by atoms with E-state index in [2.05, 4.69) is 58.8 Å². The average Bonchev–Trinajstić information content (AvgIpc) is 3.16. The second-order valence-corrected chi connectivity index (χ2v) is 6.74. The standard InChI is InChI=1S/C21H28N4O2/c1-16(25(3)14-17-7-5-4-6-8-17)12-23-21(22-2)24-13-18-9-10-19-20(11-18)27-15-26-19/h4-11,16H,12-15H2,1-3H3,(H2,22,23,24). The van der Waals surface area contributed by atoms with E-state index in [4.69, 9.17) is 9.47 Å². The summed E-state index contributed by atoms with van der Waals surface area (Å²) in [4.78, 5) is 6.64. The van der Waals surface area contributed by atoms with Gasteiger partial charge in [0, 0.05) is 32.7 Å². The number of rotatable bonds is 7. The quantitative estimate of drug-likeness (QED) is 0.581. The first-order valence-electron chi connectivity index (χ1n) is 9.23. The van der Waals surface area contributed by atoms with Gasteiger partial charge in [-0.1, -0.05) is 36.4 Å². The van der Waals surface area contributed by atoms with Crippen molar-refractivity contribution >= 4 is 5.96 Å². The van der Waals surface area contributed by atoms with Gasteiger partial charge in [0.25, 0.3) is 0 Å². The van der Waals surface area contributed by atoms with Crippen LogP contribution in [-0.2, 0) is 13.1 Å². The summed E-state index contributed by atoms with van der Waals surface area (Å²) in [7, 11) is 3.93. The molecule has 1 atom stereocenters. The van der Waals surface area contributed by atoms with Crippen LogP contribution in [0, 0.1) is 0 Å². The Balaban J connectivity index is 1.44. The van der Waals surface area contributed by atoms with E-state index in [1.165, 1.54) is 5.56 Å². The minimum atomic E-state index is 0.295. The first kappa shape index (κ1) is 19.0. The van der Waals surface area contributed by atoms with Crippen molar-refractivity contribution in [1.29, 1.82) is 0 Å². The van der Waals surface area contributed by atoms with Gasteiger partial charge in [0.05, 0.1) is 0 Å². The number of hydrogen-bond donors (Lipinski definition) is 2. The van der Waals surface area contributed by atoms with Crippen LogP contribution in [-0.4, -0.2) is 44.3 Å². The van der Waals surface area contributed by atoms with Crippen molar-refractivity contribution < 1.29 is 9.47 Å². The first-order valence-corrected chi connectivity index (χ1v) is 9.23. The molecule has 1 unspecified atom stereocenters. The molecule has 3 rings (SSSR count). The van der Waals surface area contributed by atoms with Crippen molar-refractivity contribution in [3.05, 3.63) is 59.7 Å². The zero-order chi connectivity index (χ0) is 19.1. The van der Waals surface area contributed by atoms with Crippen LogP contribution < -0.4 is 20.1 Å². The highest BCUT2D eigenvalue weighted by atomic mass is 16.7. The average molecular weight is 368 g/mol. The number of nitrogens with zero attached hydrogens (tertiary/aromatic N) is 2. The van der Waals surface area contributed by atoms with Crippen LogP contribution in [0.25, 0.3) is 0 Å². The van der Waals surface area contributed by atoms with Crippen LogP contribution in [0.2, 0.25) is 0 Å². The van der Waals surface area contributed by atoms with Crippen molar-refractivity contribution in [2.45, 2.75) is 26.1 Å². The Morgan fingerprint density at radius 2 is 1.85 bits per heavy atom. The minimum Gasteiger partial charge on any atom is -0.454 e. The number of nitrogens with one attached hydrogen (secondary N) is 2. The Labute approximate surface area is 161 Å². The largest absolute Gasteiger partial charge is 0.454 e. The molecule has 1 aliphatic heterocycles. The zero-order valence-corrected chi connectivity index (χ0v) is 16.2. The summed E-state index contributed by atoms with van der Waals surface area (Å²) < 4.78 is 10.8. The molecule has 2 N–H and O–H groups in total. The van der Waals surface area contributed by atoms with Crippen LogP contribution in [0.4, 0.5) is 0 Å². The molecule has 0 bridgehead atoms. The van der Waals surface area contributed by atoms with Gasteiger partial charge >= 0.3 is 0 Å². The Morgan fingerprint density at radius 1 is 1.07 bits per heavy atom. The number of guanidine groups is 1. The van der Waals surface area contributed by atoms with Gasteiger partial charge < -0.3 is 20.1 Å². The fourth-order valence-electron chi connectivity index (χ4n) is 2.88. The third kappa shape index (κ3) is 5.37. The van der Waals surface area contributed by atoms with Gasteiger partial charge in [-0.2, -0.15) is 0 Å². The summed E-state index contributed by atoms with van der Waals surface area (Å²) in [6.07, 6.45) is 0. The molecule has 2 aromatic carbocycles. The van der Waals surface area contributed by atoms with E-state index in [1.54, 1.807) is 7.05 Å². The van der Waals surface area contributed by atoms with E-state index in [0.29, 0.717) is 19.4 Å². The van der Waals surface area contributed by atoms with E-state index < -0.39 is 0 Å². The molecule has 2 aromatic rings. The van der Waals surface area contributed by atoms with Crippen molar-refractivity contribution in [2.75, 3.05) is 27.4 Å². The number of fused-ring (bicyclic) bond motifs is 1. The van der Waals surface area contributed by atoms with E-state index in [1.807, 2.05) is 24.3 Å². The predicted octanol–water partition coefficient (Wildman–Crippen LogP) is 2.60. The van der Waals surface area contributed by atoms with E-state index in [0.717, 1.165) is 36.1 Å². The van der Waals surface area contributed by atoms with Gasteiger partial charge in [0.2, 0.25) is 6.79 Å². The highest BCUT2D eigenvalue weighted by Crippen LogP contribution is 2.32. The Bertz CT molecular complexity index is 764. The summed E-state index contributed by atoms with van der Waals surface area (Å²) in [5.74, 6) is 2.39. The molecule has 0 aromatic heterocycles. The molecule has 1 aliphatic rings. The summed E-state index contributed by atoms with van der Waals surface area (Å²) in [6, 6.07) is 16.9. The van der Waals surface area contributed by atoms with Crippen LogP contribution in [0.1, 0.15) is 18.1 Å². The Morgan fingerprint density at radius 3 is 2.63 bits per heavy atom.